The van der Waals surface area contributed by atoms with E-state index in [0.717, 1.165) is 11.8 Å². The molecule has 4 aromatic heterocycles. The van der Waals surface area contributed by atoms with Gasteiger partial charge in [0.2, 0.25) is 11.8 Å². The van der Waals surface area contributed by atoms with E-state index in [4.69, 9.17) is 62.6 Å². The third kappa shape index (κ3) is 12.6. The van der Waals surface area contributed by atoms with Gasteiger partial charge in [-0.3, -0.25) is 0 Å². The minimum absolute atomic E-state index is 0. The first kappa shape index (κ1) is 60.1. The number of aromatic amines is 1. The van der Waals surface area contributed by atoms with Crippen molar-refractivity contribution in [1.29, 1.82) is 0 Å². The van der Waals surface area contributed by atoms with Crippen LogP contribution in [0, 0.1) is 33.5 Å². The Morgan fingerprint density at radius 3 is 1.42 bits per heavy atom. The lowest BCUT2D eigenvalue weighted by atomic mass is 10.2. The molecule has 4 spiro atoms. The van der Waals surface area contributed by atoms with Crippen LogP contribution in [0.4, 0.5) is 0 Å². The van der Waals surface area contributed by atoms with Crippen molar-refractivity contribution >= 4 is 63.4 Å². The average Bonchev–Trinajstić information content (AvgIpc) is 3.99. The first-order chi connectivity index (χ1) is 34.6. The Labute approximate surface area is 469 Å². The molecule has 14 nitrogen and oxygen atoms in total. The van der Waals surface area contributed by atoms with E-state index in [9.17, 15) is 9.59 Å². The number of pyridine rings is 2. The average molecular weight is 1140 g/mol. The normalized spacial score (nSPS) is 20.0. The van der Waals surface area contributed by atoms with E-state index in [-0.39, 0.29) is 56.3 Å². The summed E-state index contributed by atoms with van der Waals surface area (Å²) in [6.07, 6.45) is 14.9. The van der Waals surface area contributed by atoms with Crippen LogP contribution in [0.3, 0.4) is 0 Å². The van der Waals surface area contributed by atoms with Crippen LogP contribution in [0.1, 0.15) is 163 Å². The second-order valence-corrected chi connectivity index (χ2v) is 37.7. The molecule has 0 saturated heterocycles. The molecule has 6 fully saturated rings. The molecule has 76 heavy (non-hydrogen) atoms. The van der Waals surface area contributed by atoms with Crippen LogP contribution >= 0.6 is 34.8 Å². The standard InChI is InChI=1S/C28H40ClN3O4Si.C18H30N2O2Si.C10H11Cl2NO2.CH4/c1-25(2,3)35-24(33)18-9-10-20(30-23(18)29)32-16-11-21(31-32)34-17-19(36-37(7,8)26(4,5)6)22-27(12-13-27)28(22)14-15-28;1-16(2,3)23(4,5)22-13(12-21-14-6-11-19-20-14)15-17(7-8-17)18(15)9-10-18;1-10(2,3)15-9(14)6-4-5-7(11)13-8(6)12;/h9-11,16,19,22H,12-15,17H2,1-8H3;6,11,13,15H,7-10,12H2,1-5H3,(H,19,20);4-5H,1-3H3;1H4. The van der Waals surface area contributed by atoms with Crippen molar-refractivity contribution in [2.24, 2.45) is 33.5 Å². The highest BCUT2D eigenvalue weighted by molar-refractivity contribution is 6.74. The molecule has 1 N–H and O–H groups in total. The molecule has 420 valence electrons. The van der Waals surface area contributed by atoms with Crippen molar-refractivity contribution in [3.8, 4) is 17.6 Å². The molecule has 0 aromatic carbocycles. The molecule has 19 heteroatoms. The predicted molar refractivity (Wildman–Crippen MR) is 305 cm³/mol. The van der Waals surface area contributed by atoms with E-state index >= 15 is 0 Å². The number of H-pyrrole nitrogens is 1. The lowest BCUT2D eigenvalue weighted by molar-refractivity contribution is 0.00567. The Bertz CT molecular complexity index is 2690. The monoisotopic (exact) mass is 1140 g/mol. The molecular weight excluding hydrogens is 1060 g/mol. The van der Waals surface area contributed by atoms with Crippen LogP contribution in [-0.2, 0) is 18.3 Å². The Kier molecular flexibility index (Phi) is 16.5. The summed E-state index contributed by atoms with van der Waals surface area (Å²) in [7, 11) is -3.74. The van der Waals surface area contributed by atoms with Gasteiger partial charge in [-0.25, -0.2) is 29.3 Å². The third-order valence-corrected chi connectivity index (χ3v) is 27.4. The molecule has 0 bridgehead atoms. The maximum Gasteiger partial charge on any atom is 0.341 e. The molecular formula is C57H85Cl3N6O8Si2. The summed E-state index contributed by atoms with van der Waals surface area (Å²) in [5, 5.41) is 12.2. The van der Waals surface area contributed by atoms with Crippen molar-refractivity contribution in [3.63, 3.8) is 0 Å². The number of carbonyl (C=O) groups excluding carboxylic acids is 2. The van der Waals surface area contributed by atoms with Crippen LogP contribution < -0.4 is 9.47 Å². The molecule has 0 amide bonds. The fraction of sp³-hybridized carbons (Fsp3) is 0.684. The minimum atomic E-state index is -1.95. The Hall–Kier alpha value is -3.52. The fourth-order valence-electron chi connectivity index (χ4n) is 11.4. The second-order valence-electron chi connectivity index (χ2n) is 27.0. The van der Waals surface area contributed by atoms with E-state index in [0.29, 0.717) is 52.5 Å². The fourth-order valence-corrected chi connectivity index (χ4v) is 14.6. The van der Waals surface area contributed by atoms with Gasteiger partial charge in [0.15, 0.2) is 22.5 Å². The van der Waals surface area contributed by atoms with E-state index in [2.05, 4.69) is 93.0 Å². The van der Waals surface area contributed by atoms with Crippen LogP contribution in [0.2, 0.25) is 51.7 Å². The zero-order valence-corrected chi connectivity index (χ0v) is 51.4. The summed E-state index contributed by atoms with van der Waals surface area (Å²) < 4.78 is 38.2. The van der Waals surface area contributed by atoms with Gasteiger partial charge in [-0.1, -0.05) is 83.8 Å². The SMILES string of the molecule is C.CC(C)(C)OC(=O)c1ccc(-n2ccc(OCC(O[Si](C)(C)C(C)(C)C)C3C4(CC4)C34CC4)n2)nc1Cl.CC(C)(C)OC(=O)c1ccc(Cl)nc1Cl.CC(C)(C)[Si](C)(C)OC(COc1ccn[nH]1)C1C2(CC2)C12CC2. The predicted octanol–water partition coefficient (Wildman–Crippen LogP) is 15.2. The molecule has 4 heterocycles. The topological polar surface area (TPSA) is 162 Å². The lowest BCUT2D eigenvalue weighted by Crippen LogP contribution is -2.46. The van der Waals surface area contributed by atoms with Gasteiger partial charge in [0.25, 0.3) is 0 Å². The first-order valence-corrected chi connectivity index (χ1v) is 33.7. The molecule has 2 unspecified atom stereocenters. The van der Waals surface area contributed by atoms with Gasteiger partial charge in [0.1, 0.15) is 39.9 Å². The van der Waals surface area contributed by atoms with E-state index in [1.165, 1.54) is 63.5 Å². The summed E-state index contributed by atoms with van der Waals surface area (Å²) in [6.45, 7) is 35.1. The van der Waals surface area contributed by atoms with Gasteiger partial charge < -0.3 is 27.8 Å². The zero-order chi connectivity index (χ0) is 55.2. The minimum Gasteiger partial charge on any atom is -0.475 e. The number of ether oxygens (including phenoxy) is 4. The smallest absolute Gasteiger partial charge is 0.341 e. The molecule has 6 aliphatic carbocycles. The maximum atomic E-state index is 12.4. The molecule has 10 rings (SSSR count). The number of esters is 2. The number of nitrogens with zero attached hydrogens (tertiary/aromatic N) is 5. The largest absolute Gasteiger partial charge is 0.475 e. The highest BCUT2D eigenvalue weighted by Gasteiger charge is 2.89. The van der Waals surface area contributed by atoms with Crippen LogP contribution in [-0.4, -0.2) is 95.1 Å². The molecule has 0 aliphatic heterocycles. The number of hydrogen-bond donors (Lipinski definition) is 1. The van der Waals surface area contributed by atoms with Crippen LogP contribution in [0.5, 0.6) is 11.8 Å². The number of aromatic nitrogens is 6. The van der Waals surface area contributed by atoms with Crippen molar-refractivity contribution in [3.05, 3.63) is 75.4 Å². The van der Waals surface area contributed by atoms with Crippen LogP contribution in [0.25, 0.3) is 5.82 Å². The zero-order valence-electron chi connectivity index (χ0n) is 47.1. The van der Waals surface area contributed by atoms with E-state index < -0.39 is 39.8 Å². The number of fused-ring (bicyclic) bond motifs is 2. The number of halogens is 3. The van der Waals surface area contributed by atoms with E-state index in [1.807, 2.05) is 32.9 Å². The Morgan fingerprint density at radius 2 is 1.05 bits per heavy atom. The summed E-state index contributed by atoms with van der Waals surface area (Å²) >= 11 is 17.7. The summed E-state index contributed by atoms with van der Waals surface area (Å²) in [6, 6.07) is 10.0. The van der Waals surface area contributed by atoms with Crippen molar-refractivity contribution in [2.75, 3.05) is 13.2 Å². The maximum absolute atomic E-state index is 12.4. The van der Waals surface area contributed by atoms with Crippen molar-refractivity contribution in [1.82, 2.24) is 29.9 Å². The first-order valence-electron chi connectivity index (χ1n) is 26.7. The molecule has 6 aliphatic rings. The van der Waals surface area contributed by atoms with Gasteiger partial charge in [-0.15, -0.1) is 5.10 Å². The van der Waals surface area contributed by atoms with Crippen LogP contribution in [0.15, 0.2) is 48.8 Å². The highest BCUT2D eigenvalue weighted by Crippen LogP contribution is 2.94. The molecule has 6 saturated carbocycles. The molecule has 2 atom stereocenters. The lowest BCUT2D eigenvalue weighted by Gasteiger charge is -2.39. The number of nitrogens with one attached hydrogen (secondary N) is 1. The van der Waals surface area contributed by atoms with Gasteiger partial charge in [-0.2, -0.15) is 5.10 Å². The number of hydrogen-bond acceptors (Lipinski definition) is 12. The van der Waals surface area contributed by atoms with Crippen molar-refractivity contribution in [2.45, 2.75) is 202 Å². The van der Waals surface area contributed by atoms with Gasteiger partial charge in [0, 0.05) is 18.3 Å². The van der Waals surface area contributed by atoms with Crippen molar-refractivity contribution < 1.29 is 37.4 Å². The molecule has 0 radical (unpaired) electrons. The van der Waals surface area contributed by atoms with Gasteiger partial charge >= 0.3 is 11.9 Å². The number of rotatable bonds is 15. The Balaban J connectivity index is 0.000000183. The molecule has 4 aromatic rings. The second kappa shape index (κ2) is 20.9. The summed E-state index contributed by atoms with van der Waals surface area (Å²) in [5.74, 6) is 2.10. The van der Waals surface area contributed by atoms with Gasteiger partial charge in [0.05, 0.1) is 29.5 Å². The highest BCUT2D eigenvalue weighted by atomic mass is 35.5. The van der Waals surface area contributed by atoms with Gasteiger partial charge in [-0.05, 0) is 187 Å². The van der Waals surface area contributed by atoms with E-state index in [1.54, 1.807) is 50.0 Å². The Morgan fingerprint density at radius 1 is 0.632 bits per heavy atom. The quantitative estimate of drug-likeness (QED) is 0.0682. The summed E-state index contributed by atoms with van der Waals surface area (Å²) in [4.78, 5) is 32.1. The third-order valence-electron chi connectivity index (χ3n) is 17.6. The summed E-state index contributed by atoms with van der Waals surface area (Å²) in [5.41, 5.74) is 1.60. The number of carbonyl (C=O) groups is 2.